The van der Waals surface area contributed by atoms with Crippen molar-refractivity contribution in [2.75, 3.05) is 20.2 Å². The highest BCUT2D eigenvalue weighted by atomic mass is 16.5. The molecular weight excluding hydrogens is 342 g/mol. The molecule has 138 valence electrons. The number of methoxy groups -OCH3 is 1. The number of piperidine rings is 1. The summed E-state index contributed by atoms with van der Waals surface area (Å²) in [6.07, 6.45) is 3.43. The summed E-state index contributed by atoms with van der Waals surface area (Å²) in [5, 5.41) is 0.824. The number of likely N-dealkylation sites (tertiary alicyclic amines) is 1. The van der Waals surface area contributed by atoms with Crippen molar-refractivity contribution in [1.29, 1.82) is 0 Å². The van der Waals surface area contributed by atoms with E-state index in [0.717, 1.165) is 23.9 Å². The lowest BCUT2D eigenvalue weighted by Crippen LogP contribution is -2.39. The quantitative estimate of drug-likeness (QED) is 0.776. The van der Waals surface area contributed by atoms with Crippen molar-refractivity contribution in [2.24, 2.45) is 0 Å². The van der Waals surface area contributed by atoms with Gasteiger partial charge >= 0.3 is 0 Å². The number of aromatic amines is 1. The summed E-state index contributed by atoms with van der Waals surface area (Å²) >= 11 is 0. The standard InChI is InChI=1S/C21H21N3O3/c1-27-18-9-3-2-8-16(18)21(26)24-11-5-7-15(13-24)17-12-14-6-4-10-22-19(14)20(25)23-17/h2-4,6,8-10,12,15H,5,7,11,13H2,1H3,(H,23,25)/t15-/m1/s1. The molecule has 0 unspecified atom stereocenters. The minimum atomic E-state index is -0.184. The maximum absolute atomic E-state index is 13.0. The summed E-state index contributed by atoms with van der Waals surface area (Å²) in [5.74, 6) is 0.631. The highest BCUT2D eigenvalue weighted by Gasteiger charge is 2.27. The van der Waals surface area contributed by atoms with Crippen LogP contribution in [0.1, 0.15) is 34.8 Å². The number of amides is 1. The molecule has 0 spiro atoms. The third-order valence-electron chi connectivity index (χ3n) is 5.11. The van der Waals surface area contributed by atoms with Gasteiger partial charge in [-0.05, 0) is 37.1 Å². The first-order valence-corrected chi connectivity index (χ1v) is 9.07. The first-order valence-electron chi connectivity index (χ1n) is 9.07. The van der Waals surface area contributed by atoms with Gasteiger partial charge < -0.3 is 14.6 Å². The summed E-state index contributed by atoms with van der Waals surface area (Å²) in [6, 6.07) is 13.0. The summed E-state index contributed by atoms with van der Waals surface area (Å²) in [6.45, 7) is 1.27. The maximum Gasteiger partial charge on any atom is 0.274 e. The van der Waals surface area contributed by atoms with Crippen LogP contribution in [0.25, 0.3) is 10.9 Å². The molecule has 1 atom stereocenters. The summed E-state index contributed by atoms with van der Waals surface area (Å²) in [7, 11) is 1.57. The minimum Gasteiger partial charge on any atom is -0.496 e. The predicted molar refractivity (Wildman–Crippen MR) is 103 cm³/mol. The normalized spacial score (nSPS) is 17.1. The van der Waals surface area contributed by atoms with Crippen molar-refractivity contribution in [2.45, 2.75) is 18.8 Å². The number of hydrogen-bond donors (Lipinski definition) is 1. The Hall–Kier alpha value is -3.15. The lowest BCUT2D eigenvalue weighted by molar-refractivity contribution is 0.0702. The number of fused-ring (bicyclic) bond motifs is 1. The van der Waals surface area contributed by atoms with Gasteiger partial charge in [0.2, 0.25) is 0 Å². The highest BCUT2D eigenvalue weighted by Crippen LogP contribution is 2.28. The van der Waals surface area contributed by atoms with E-state index in [2.05, 4.69) is 9.97 Å². The first kappa shape index (κ1) is 17.3. The molecule has 2 aromatic heterocycles. The SMILES string of the molecule is COc1ccccc1C(=O)N1CCC[C@@H](c2cc3cccnc3c(=O)[nH]2)C1. The van der Waals surface area contributed by atoms with Gasteiger partial charge in [0.1, 0.15) is 11.3 Å². The molecule has 0 saturated carbocycles. The number of carbonyl (C=O) groups excluding carboxylic acids is 1. The van der Waals surface area contributed by atoms with Crippen molar-refractivity contribution in [3.05, 3.63) is 70.3 Å². The van der Waals surface area contributed by atoms with Gasteiger partial charge in [0.15, 0.2) is 0 Å². The molecule has 1 N–H and O–H groups in total. The summed E-state index contributed by atoms with van der Waals surface area (Å²) in [5.41, 5.74) is 1.69. The third kappa shape index (κ3) is 3.30. The zero-order valence-corrected chi connectivity index (χ0v) is 15.1. The molecule has 1 aliphatic heterocycles. The van der Waals surface area contributed by atoms with Crippen molar-refractivity contribution < 1.29 is 9.53 Å². The van der Waals surface area contributed by atoms with E-state index in [1.165, 1.54) is 0 Å². The Kier molecular flexibility index (Phi) is 4.62. The van der Waals surface area contributed by atoms with Gasteiger partial charge in [-0.3, -0.25) is 14.6 Å². The zero-order valence-electron chi connectivity index (χ0n) is 15.1. The van der Waals surface area contributed by atoms with Crippen LogP contribution in [0.2, 0.25) is 0 Å². The molecule has 0 radical (unpaired) electrons. The molecule has 3 aromatic rings. The van der Waals surface area contributed by atoms with Crippen LogP contribution in [-0.2, 0) is 0 Å². The second-order valence-corrected chi connectivity index (χ2v) is 6.79. The van der Waals surface area contributed by atoms with E-state index in [9.17, 15) is 9.59 Å². The van der Waals surface area contributed by atoms with Crippen LogP contribution in [0.5, 0.6) is 5.75 Å². The number of nitrogens with zero attached hydrogens (tertiary/aromatic N) is 2. The fraction of sp³-hybridized carbons (Fsp3) is 0.286. The van der Waals surface area contributed by atoms with E-state index in [4.69, 9.17) is 4.74 Å². The fourth-order valence-corrected chi connectivity index (χ4v) is 3.74. The molecule has 1 aromatic carbocycles. The van der Waals surface area contributed by atoms with Gasteiger partial charge in [-0.1, -0.05) is 18.2 Å². The number of rotatable bonds is 3. The van der Waals surface area contributed by atoms with Crippen LogP contribution in [-0.4, -0.2) is 41.0 Å². The molecule has 27 heavy (non-hydrogen) atoms. The van der Waals surface area contributed by atoms with Gasteiger partial charge in [-0.15, -0.1) is 0 Å². The molecule has 1 saturated heterocycles. The molecule has 0 aliphatic carbocycles. The Morgan fingerprint density at radius 2 is 2.11 bits per heavy atom. The van der Waals surface area contributed by atoms with Crippen LogP contribution in [0.4, 0.5) is 0 Å². The van der Waals surface area contributed by atoms with E-state index >= 15 is 0 Å². The smallest absolute Gasteiger partial charge is 0.274 e. The average Bonchev–Trinajstić information content (AvgIpc) is 2.73. The molecule has 6 nitrogen and oxygen atoms in total. The predicted octanol–water partition coefficient (Wildman–Crippen LogP) is 2.95. The zero-order chi connectivity index (χ0) is 18.8. The number of nitrogens with one attached hydrogen (secondary N) is 1. The number of pyridine rings is 2. The monoisotopic (exact) mass is 363 g/mol. The molecule has 0 bridgehead atoms. The van der Waals surface area contributed by atoms with Gasteiger partial charge in [0.05, 0.1) is 12.7 Å². The van der Waals surface area contributed by atoms with E-state index in [-0.39, 0.29) is 17.4 Å². The topological polar surface area (TPSA) is 75.3 Å². The molecule has 1 amide bonds. The fourth-order valence-electron chi connectivity index (χ4n) is 3.74. The first-order chi connectivity index (χ1) is 13.2. The van der Waals surface area contributed by atoms with Crippen molar-refractivity contribution in [1.82, 2.24) is 14.9 Å². The van der Waals surface area contributed by atoms with Crippen molar-refractivity contribution in [3.8, 4) is 5.75 Å². The van der Waals surface area contributed by atoms with Crippen molar-refractivity contribution in [3.63, 3.8) is 0 Å². The van der Waals surface area contributed by atoms with Gasteiger partial charge in [0.25, 0.3) is 11.5 Å². The lowest BCUT2D eigenvalue weighted by atomic mass is 9.93. The number of H-pyrrole nitrogens is 1. The Morgan fingerprint density at radius 1 is 1.26 bits per heavy atom. The van der Waals surface area contributed by atoms with Crippen LogP contribution in [0.3, 0.4) is 0 Å². The number of hydrogen-bond acceptors (Lipinski definition) is 4. The van der Waals surface area contributed by atoms with Gasteiger partial charge in [-0.2, -0.15) is 0 Å². The second kappa shape index (κ2) is 7.23. The molecule has 3 heterocycles. The number of ether oxygens (including phenoxy) is 1. The maximum atomic E-state index is 13.0. The molecular formula is C21H21N3O3. The summed E-state index contributed by atoms with van der Waals surface area (Å²) < 4.78 is 5.33. The molecule has 1 fully saturated rings. The average molecular weight is 363 g/mol. The van der Waals surface area contributed by atoms with Crippen molar-refractivity contribution >= 4 is 16.8 Å². The third-order valence-corrected chi connectivity index (χ3v) is 5.11. The minimum absolute atomic E-state index is 0.0399. The Bertz CT molecular complexity index is 1040. The lowest BCUT2D eigenvalue weighted by Gasteiger charge is -2.33. The van der Waals surface area contributed by atoms with E-state index < -0.39 is 0 Å². The van der Waals surface area contributed by atoms with Crippen LogP contribution in [0.15, 0.2) is 53.5 Å². The van der Waals surface area contributed by atoms with Gasteiger partial charge in [-0.25, -0.2) is 0 Å². The highest BCUT2D eigenvalue weighted by molar-refractivity contribution is 5.97. The van der Waals surface area contributed by atoms with Crippen LogP contribution >= 0.6 is 0 Å². The second-order valence-electron chi connectivity index (χ2n) is 6.79. The van der Waals surface area contributed by atoms with E-state index in [0.29, 0.717) is 29.9 Å². The number of para-hydroxylation sites is 1. The Balaban J connectivity index is 1.62. The van der Waals surface area contributed by atoms with Crippen LogP contribution < -0.4 is 10.3 Å². The molecule has 4 rings (SSSR count). The van der Waals surface area contributed by atoms with Crippen LogP contribution in [0, 0.1) is 0 Å². The number of carbonyl (C=O) groups is 1. The Morgan fingerprint density at radius 3 is 2.96 bits per heavy atom. The summed E-state index contributed by atoms with van der Waals surface area (Å²) in [4.78, 5) is 34.3. The number of benzene rings is 1. The molecule has 1 aliphatic rings. The molecule has 6 heteroatoms. The van der Waals surface area contributed by atoms with E-state index in [1.54, 1.807) is 25.4 Å². The largest absolute Gasteiger partial charge is 0.496 e. The van der Waals surface area contributed by atoms with Gasteiger partial charge in [0, 0.05) is 36.3 Å². The Labute approximate surface area is 156 Å². The van der Waals surface area contributed by atoms with E-state index in [1.807, 2.05) is 35.2 Å². The number of aromatic nitrogens is 2.